The summed E-state index contributed by atoms with van der Waals surface area (Å²) in [5.41, 5.74) is 0.116. The maximum absolute atomic E-state index is 12.5. The molecular formula is C15H21NO7S. The van der Waals surface area contributed by atoms with Gasteiger partial charge in [0, 0.05) is 0 Å². The van der Waals surface area contributed by atoms with E-state index in [2.05, 4.69) is 9.46 Å². The molecule has 0 heterocycles. The smallest absolute Gasteiger partial charge is 0.337 e. The minimum Gasteiger partial charge on any atom is -0.495 e. The number of carbonyl (C=O) groups is 2. The molecule has 0 bridgehead atoms. The third kappa shape index (κ3) is 4.45. The van der Waals surface area contributed by atoms with E-state index >= 15 is 0 Å². The molecule has 1 aromatic rings. The van der Waals surface area contributed by atoms with Crippen molar-refractivity contribution in [3.8, 4) is 5.75 Å². The summed E-state index contributed by atoms with van der Waals surface area (Å²) >= 11 is 0. The van der Waals surface area contributed by atoms with Gasteiger partial charge in [-0.3, -0.25) is 4.79 Å². The van der Waals surface area contributed by atoms with Gasteiger partial charge in [-0.15, -0.1) is 0 Å². The van der Waals surface area contributed by atoms with Crippen LogP contribution in [0.2, 0.25) is 0 Å². The summed E-state index contributed by atoms with van der Waals surface area (Å²) < 4.78 is 36.8. The molecule has 0 amide bonds. The van der Waals surface area contributed by atoms with Crippen molar-refractivity contribution in [2.45, 2.75) is 31.2 Å². The molecular weight excluding hydrogens is 338 g/mol. The van der Waals surface area contributed by atoms with Crippen molar-refractivity contribution in [1.82, 2.24) is 4.72 Å². The molecule has 24 heavy (non-hydrogen) atoms. The third-order valence-corrected chi connectivity index (χ3v) is 5.12. The molecule has 0 aliphatic heterocycles. The standard InChI is InChI=1S/C15H21NO7S/c1-5-9(2)13(14(17)18)16-24(20,21)12-7-6-10(15(19)23-4)8-11(12)22-3/h6-9,13,16H,5H2,1-4H3,(H,17,18)/t9-,13-/m0/s1. The molecule has 0 spiro atoms. The summed E-state index contributed by atoms with van der Waals surface area (Å²) in [7, 11) is -1.71. The number of aliphatic carboxylic acids is 1. The maximum Gasteiger partial charge on any atom is 0.337 e. The molecule has 1 rings (SSSR count). The Morgan fingerprint density at radius 3 is 2.38 bits per heavy atom. The van der Waals surface area contributed by atoms with Gasteiger partial charge >= 0.3 is 11.9 Å². The number of sulfonamides is 1. The average Bonchev–Trinajstić information content (AvgIpc) is 2.57. The number of esters is 1. The number of carbonyl (C=O) groups excluding carboxylic acids is 1. The molecule has 0 aliphatic carbocycles. The van der Waals surface area contributed by atoms with E-state index in [1.54, 1.807) is 13.8 Å². The second-order valence-corrected chi connectivity index (χ2v) is 6.86. The van der Waals surface area contributed by atoms with Gasteiger partial charge in [-0.05, 0) is 24.1 Å². The highest BCUT2D eigenvalue weighted by atomic mass is 32.2. The van der Waals surface area contributed by atoms with Crippen LogP contribution in [0.1, 0.15) is 30.6 Å². The highest BCUT2D eigenvalue weighted by Crippen LogP contribution is 2.26. The van der Waals surface area contributed by atoms with Crippen LogP contribution in [0.4, 0.5) is 0 Å². The molecule has 2 atom stereocenters. The Labute approximate surface area is 140 Å². The third-order valence-electron chi connectivity index (χ3n) is 3.64. The molecule has 0 saturated carbocycles. The van der Waals surface area contributed by atoms with Gasteiger partial charge in [-0.2, -0.15) is 4.72 Å². The largest absolute Gasteiger partial charge is 0.495 e. The van der Waals surface area contributed by atoms with Gasteiger partial charge in [0.05, 0.1) is 19.8 Å². The summed E-state index contributed by atoms with van der Waals surface area (Å²) in [5, 5.41) is 9.24. The fourth-order valence-electron chi connectivity index (χ4n) is 2.01. The SMILES string of the molecule is CC[C@H](C)[C@H](NS(=O)(=O)c1ccc(C(=O)OC)cc1OC)C(=O)O. The topological polar surface area (TPSA) is 119 Å². The molecule has 1 aromatic carbocycles. The molecule has 134 valence electrons. The van der Waals surface area contributed by atoms with Gasteiger partial charge in [0.15, 0.2) is 0 Å². The van der Waals surface area contributed by atoms with Crippen LogP contribution in [0.25, 0.3) is 0 Å². The lowest BCUT2D eigenvalue weighted by atomic mass is 10.0. The predicted molar refractivity (Wildman–Crippen MR) is 85.5 cm³/mol. The van der Waals surface area contributed by atoms with E-state index in [1.807, 2.05) is 0 Å². The fraction of sp³-hybridized carbons (Fsp3) is 0.467. The van der Waals surface area contributed by atoms with Gasteiger partial charge in [0.25, 0.3) is 0 Å². The first-order valence-electron chi connectivity index (χ1n) is 7.19. The van der Waals surface area contributed by atoms with E-state index in [-0.39, 0.29) is 16.2 Å². The molecule has 0 aromatic heterocycles. The lowest BCUT2D eigenvalue weighted by Gasteiger charge is -2.21. The highest BCUT2D eigenvalue weighted by Gasteiger charge is 2.31. The number of methoxy groups -OCH3 is 2. The van der Waals surface area contributed by atoms with Crippen molar-refractivity contribution >= 4 is 22.0 Å². The summed E-state index contributed by atoms with van der Waals surface area (Å²) in [6, 6.07) is 2.38. The van der Waals surface area contributed by atoms with Gasteiger partial charge in [0.2, 0.25) is 10.0 Å². The Balaban J connectivity index is 3.27. The fourth-order valence-corrected chi connectivity index (χ4v) is 3.46. The lowest BCUT2D eigenvalue weighted by Crippen LogP contribution is -2.44. The number of hydrogen-bond acceptors (Lipinski definition) is 6. The maximum atomic E-state index is 12.5. The van der Waals surface area contributed by atoms with Crippen molar-refractivity contribution in [2.24, 2.45) is 5.92 Å². The number of carboxylic acid groups (broad SMARTS) is 1. The van der Waals surface area contributed by atoms with E-state index in [1.165, 1.54) is 32.4 Å². The van der Waals surface area contributed by atoms with Crippen molar-refractivity contribution in [1.29, 1.82) is 0 Å². The molecule has 8 nitrogen and oxygen atoms in total. The van der Waals surface area contributed by atoms with Gasteiger partial charge < -0.3 is 14.6 Å². The monoisotopic (exact) mass is 359 g/mol. The Morgan fingerprint density at radius 2 is 1.92 bits per heavy atom. The first kappa shape index (κ1) is 19.9. The summed E-state index contributed by atoms with van der Waals surface area (Å²) in [4.78, 5) is 22.6. The molecule has 9 heteroatoms. The second-order valence-electron chi connectivity index (χ2n) is 5.18. The Hall–Kier alpha value is -2.13. The van der Waals surface area contributed by atoms with Crippen molar-refractivity contribution in [3.63, 3.8) is 0 Å². The van der Waals surface area contributed by atoms with Crippen molar-refractivity contribution in [2.75, 3.05) is 14.2 Å². The highest BCUT2D eigenvalue weighted by molar-refractivity contribution is 7.89. The molecule has 2 N–H and O–H groups in total. The summed E-state index contributed by atoms with van der Waals surface area (Å²) in [6.45, 7) is 3.40. The minimum atomic E-state index is -4.16. The van der Waals surface area contributed by atoms with Crippen LogP contribution < -0.4 is 9.46 Å². The van der Waals surface area contributed by atoms with Gasteiger partial charge in [-0.1, -0.05) is 20.3 Å². The average molecular weight is 359 g/mol. The normalized spacial score (nSPS) is 13.8. The Kier molecular flexibility index (Phi) is 6.73. The zero-order chi connectivity index (χ0) is 18.5. The number of ether oxygens (including phenoxy) is 2. The first-order chi connectivity index (χ1) is 11.2. The molecule has 0 unspecified atom stereocenters. The zero-order valence-corrected chi connectivity index (χ0v) is 14.7. The van der Waals surface area contributed by atoms with Crippen LogP contribution >= 0.6 is 0 Å². The van der Waals surface area contributed by atoms with Crippen LogP contribution in [0, 0.1) is 5.92 Å². The second kappa shape index (κ2) is 8.11. The van der Waals surface area contributed by atoms with Crippen LogP contribution in [0.5, 0.6) is 5.75 Å². The lowest BCUT2D eigenvalue weighted by molar-refractivity contribution is -0.140. The van der Waals surface area contributed by atoms with Gasteiger partial charge in [0.1, 0.15) is 16.7 Å². The molecule has 0 aliphatic rings. The van der Waals surface area contributed by atoms with Crippen LogP contribution in [-0.4, -0.2) is 45.7 Å². The number of carboxylic acids is 1. The first-order valence-corrected chi connectivity index (χ1v) is 8.67. The van der Waals surface area contributed by atoms with Crippen molar-refractivity contribution < 1.29 is 32.6 Å². The minimum absolute atomic E-state index is 0.0845. The number of benzene rings is 1. The van der Waals surface area contributed by atoms with E-state index in [4.69, 9.17) is 4.74 Å². The Bertz CT molecular complexity index is 715. The number of nitrogens with one attached hydrogen (secondary N) is 1. The molecule has 0 fully saturated rings. The quantitative estimate of drug-likeness (QED) is 0.671. The van der Waals surface area contributed by atoms with Crippen LogP contribution in [-0.2, 0) is 19.6 Å². The van der Waals surface area contributed by atoms with Crippen LogP contribution in [0.3, 0.4) is 0 Å². The molecule has 0 radical (unpaired) electrons. The zero-order valence-electron chi connectivity index (χ0n) is 13.9. The van der Waals surface area contributed by atoms with E-state index in [0.29, 0.717) is 6.42 Å². The van der Waals surface area contributed by atoms with Crippen molar-refractivity contribution in [3.05, 3.63) is 23.8 Å². The van der Waals surface area contributed by atoms with Crippen LogP contribution in [0.15, 0.2) is 23.1 Å². The van der Waals surface area contributed by atoms with E-state index in [9.17, 15) is 23.1 Å². The molecule has 0 saturated heterocycles. The number of hydrogen-bond donors (Lipinski definition) is 2. The summed E-state index contributed by atoms with van der Waals surface area (Å²) in [6.07, 6.45) is 0.484. The van der Waals surface area contributed by atoms with E-state index in [0.717, 1.165) is 0 Å². The van der Waals surface area contributed by atoms with Gasteiger partial charge in [-0.25, -0.2) is 13.2 Å². The summed E-state index contributed by atoms with van der Waals surface area (Å²) in [5.74, 6) is -2.40. The number of rotatable bonds is 8. The van der Waals surface area contributed by atoms with E-state index < -0.39 is 33.9 Å². The predicted octanol–water partition coefficient (Wildman–Crippen LogP) is 1.26. The Morgan fingerprint density at radius 1 is 1.29 bits per heavy atom.